The second kappa shape index (κ2) is 5.07. The molecule has 0 aromatic heterocycles. The van der Waals surface area contributed by atoms with E-state index in [2.05, 4.69) is 4.36 Å². The van der Waals surface area contributed by atoms with Crippen LogP contribution >= 0.6 is 0 Å². The molecule has 0 radical (unpaired) electrons. The number of benzene rings is 1. The van der Waals surface area contributed by atoms with Crippen LogP contribution in [0.1, 0.15) is 13.8 Å². The molecule has 0 saturated heterocycles. The van der Waals surface area contributed by atoms with Crippen molar-refractivity contribution in [3.63, 3.8) is 0 Å². The standard InChI is InChI=1S/C10H14N2O3S/c1-3-16(15,4-2)11-9-6-5-7-10(8-9)12(13)14/h5-8H,3-4H2,1-2H3. The number of nitro benzene ring substituents is 1. The van der Waals surface area contributed by atoms with E-state index >= 15 is 0 Å². The number of hydrogen-bond acceptors (Lipinski definition) is 4. The molecule has 0 N–H and O–H groups in total. The first-order chi connectivity index (χ1) is 7.50. The third-order valence-corrected chi connectivity index (χ3v) is 4.56. The molecule has 5 nitrogen and oxygen atoms in total. The summed E-state index contributed by atoms with van der Waals surface area (Å²) in [5.41, 5.74) is 0.373. The number of non-ortho nitro benzene ring substituents is 1. The van der Waals surface area contributed by atoms with Gasteiger partial charge in [0.25, 0.3) is 5.69 Å². The lowest BCUT2D eigenvalue weighted by atomic mass is 10.3. The normalized spacial score (nSPS) is 11.1. The summed E-state index contributed by atoms with van der Waals surface area (Å²) in [6.45, 7) is 3.60. The minimum atomic E-state index is -2.26. The average Bonchev–Trinajstić information content (AvgIpc) is 2.29. The molecule has 0 bridgehead atoms. The molecular weight excluding hydrogens is 228 g/mol. The van der Waals surface area contributed by atoms with Gasteiger partial charge in [0.1, 0.15) is 0 Å². The fourth-order valence-electron chi connectivity index (χ4n) is 1.19. The van der Waals surface area contributed by atoms with Crippen LogP contribution in [0.25, 0.3) is 0 Å². The van der Waals surface area contributed by atoms with Crippen LogP contribution in [0.4, 0.5) is 11.4 Å². The first-order valence-corrected chi connectivity index (χ1v) is 6.83. The summed E-state index contributed by atoms with van der Waals surface area (Å²) in [6, 6.07) is 5.89. The van der Waals surface area contributed by atoms with Crippen molar-refractivity contribution in [2.75, 3.05) is 11.5 Å². The lowest BCUT2D eigenvalue weighted by Gasteiger charge is -2.03. The van der Waals surface area contributed by atoms with Crippen LogP contribution < -0.4 is 0 Å². The van der Waals surface area contributed by atoms with Gasteiger partial charge in [0.2, 0.25) is 0 Å². The maximum atomic E-state index is 12.0. The lowest BCUT2D eigenvalue weighted by molar-refractivity contribution is -0.384. The molecule has 0 aliphatic rings. The molecule has 0 saturated carbocycles. The van der Waals surface area contributed by atoms with Crippen molar-refractivity contribution >= 4 is 21.1 Å². The fraction of sp³-hybridized carbons (Fsp3) is 0.400. The summed E-state index contributed by atoms with van der Waals surface area (Å²) in [7, 11) is -2.26. The summed E-state index contributed by atoms with van der Waals surface area (Å²) < 4.78 is 16.1. The molecule has 0 aliphatic heterocycles. The molecule has 6 heteroatoms. The van der Waals surface area contributed by atoms with Crippen molar-refractivity contribution < 1.29 is 9.13 Å². The van der Waals surface area contributed by atoms with Gasteiger partial charge in [0, 0.05) is 23.6 Å². The van der Waals surface area contributed by atoms with Gasteiger partial charge in [-0.3, -0.25) is 10.1 Å². The summed E-state index contributed by atoms with van der Waals surface area (Å²) >= 11 is 0. The molecule has 0 atom stereocenters. The van der Waals surface area contributed by atoms with Crippen molar-refractivity contribution in [2.24, 2.45) is 4.36 Å². The van der Waals surface area contributed by atoms with Crippen molar-refractivity contribution in [3.8, 4) is 0 Å². The maximum Gasteiger partial charge on any atom is 0.271 e. The first-order valence-electron chi connectivity index (χ1n) is 4.97. The van der Waals surface area contributed by atoms with E-state index in [9.17, 15) is 14.3 Å². The zero-order valence-corrected chi connectivity index (χ0v) is 10.1. The average molecular weight is 242 g/mol. The Bertz CT molecular complexity index is 495. The van der Waals surface area contributed by atoms with Gasteiger partial charge in [0.15, 0.2) is 0 Å². The van der Waals surface area contributed by atoms with Crippen molar-refractivity contribution in [1.29, 1.82) is 0 Å². The minimum Gasteiger partial charge on any atom is -0.258 e. The molecule has 0 aliphatic carbocycles. The van der Waals surface area contributed by atoms with Crippen LogP contribution in [0, 0.1) is 10.1 Å². The molecular formula is C10H14N2O3S. The molecule has 0 unspecified atom stereocenters. The van der Waals surface area contributed by atoms with Gasteiger partial charge >= 0.3 is 0 Å². The summed E-state index contributed by atoms with van der Waals surface area (Å²) in [6.07, 6.45) is 0. The number of nitrogens with zero attached hydrogens (tertiary/aromatic N) is 2. The zero-order chi connectivity index (χ0) is 12.2. The topological polar surface area (TPSA) is 72.6 Å². The highest BCUT2D eigenvalue weighted by atomic mass is 32.2. The monoisotopic (exact) mass is 242 g/mol. The van der Waals surface area contributed by atoms with Gasteiger partial charge < -0.3 is 0 Å². The highest BCUT2D eigenvalue weighted by Gasteiger charge is 2.07. The quantitative estimate of drug-likeness (QED) is 0.602. The predicted octanol–water partition coefficient (Wildman–Crippen LogP) is 2.73. The number of nitro groups is 1. The van der Waals surface area contributed by atoms with E-state index in [1.807, 2.05) is 0 Å². The van der Waals surface area contributed by atoms with Crippen molar-refractivity contribution in [2.45, 2.75) is 13.8 Å². The Kier molecular flexibility index (Phi) is 4.00. The van der Waals surface area contributed by atoms with Gasteiger partial charge in [-0.25, -0.2) is 4.21 Å². The Labute approximate surface area is 94.8 Å². The van der Waals surface area contributed by atoms with E-state index in [0.717, 1.165) is 0 Å². The molecule has 0 fully saturated rings. The Balaban J connectivity index is 3.20. The lowest BCUT2D eigenvalue weighted by Crippen LogP contribution is -2.04. The molecule has 16 heavy (non-hydrogen) atoms. The molecule has 0 heterocycles. The summed E-state index contributed by atoms with van der Waals surface area (Å²) in [5.74, 6) is 0.901. The Morgan fingerprint density at radius 2 is 2.00 bits per heavy atom. The van der Waals surface area contributed by atoms with Gasteiger partial charge in [-0.1, -0.05) is 19.9 Å². The highest BCUT2D eigenvalue weighted by Crippen LogP contribution is 2.21. The fourth-order valence-corrected chi connectivity index (χ4v) is 2.35. The van der Waals surface area contributed by atoms with E-state index < -0.39 is 14.7 Å². The van der Waals surface area contributed by atoms with Gasteiger partial charge in [-0.2, -0.15) is 4.36 Å². The third-order valence-electron chi connectivity index (χ3n) is 2.21. The van der Waals surface area contributed by atoms with Gasteiger partial charge in [0.05, 0.1) is 20.3 Å². The van der Waals surface area contributed by atoms with Crippen LogP contribution in [0.3, 0.4) is 0 Å². The van der Waals surface area contributed by atoms with Gasteiger partial charge in [-0.15, -0.1) is 0 Å². The molecule has 1 rings (SSSR count). The highest BCUT2D eigenvalue weighted by molar-refractivity contribution is 7.93. The van der Waals surface area contributed by atoms with Crippen LogP contribution in [-0.4, -0.2) is 20.6 Å². The Hall–Kier alpha value is -1.43. The van der Waals surface area contributed by atoms with Gasteiger partial charge in [-0.05, 0) is 6.07 Å². The van der Waals surface area contributed by atoms with E-state index in [0.29, 0.717) is 17.2 Å². The minimum absolute atomic E-state index is 0.0322. The Morgan fingerprint density at radius 1 is 1.38 bits per heavy atom. The maximum absolute atomic E-state index is 12.0. The van der Waals surface area contributed by atoms with Crippen LogP contribution in [0.15, 0.2) is 28.6 Å². The van der Waals surface area contributed by atoms with E-state index in [-0.39, 0.29) is 5.69 Å². The van der Waals surface area contributed by atoms with E-state index in [1.54, 1.807) is 26.0 Å². The second-order valence-corrected chi connectivity index (χ2v) is 6.10. The smallest absolute Gasteiger partial charge is 0.258 e. The second-order valence-electron chi connectivity index (χ2n) is 3.22. The largest absolute Gasteiger partial charge is 0.271 e. The zero-order valence-electron chi connectivity index (χ0n) is 9.25. The van der Waals surface area contributed by atoms with Crippen LogP contribution in [0.2, 0.25) is 0 Å². The third kappa shape index (κ3) is 3.03. The van der Waals surface area contributed by atoms with Crippen LogP contribution in [0.5, 0.6) is 0 Å². The predicted molar refractivity (Wildman–Crippen MR) is 64.4 cm³/mol. The summed E-state index contributed by atoms with van der Waals surface area (Å²) in [5, 5.41) is 10.6. The number of hydrogen-bond donors (Lipinski definition) is 0. The summed E-state index contributed by atoms with van der Waals surface area (Å²) in [4.78, 5) is 10.1. The van der Waals surface area contributed by atoms with Crippen molar-refractivity contribution in [3.05, 3.63) is 34.4 Å². The molecule has 88 valence electrons. The molecule has 1 aromatic carbocycles. The Morgan fingerprint density at radius 3 is 2.50 bits per heavy atom. The number of rotatable bonds is 4. The molecule has 0 spiro atoms. The SMILES string of the molecule is CCS(=O)(CC)=Nc1cccc([N+](=O)[O-])c1. The van der Waals surface area contributed by atoms with E-state index in [4.69, 9.17) is 0 Å². The van der Waals surface area contributed by atoms with Crippen molar-refractivity contribution in [1.82, 2.24) is 0 Å². The van der Waals surface area contributed by atoms with E-state index in [1.165, 1.54) is 12.1 Å². The first kappa shape index (κ1) is 12.6. The molecule has 0 amide bonds. The molecule has 1 aromatic rings. The van der Waals surface area contributed by atoms with Crippen LogP contribution in [-0.2, 0) is 9.73 Å².